The van der Waals surface area contributed by atoms with E-state index < -0.39 is 11.6 Å². The van der Waals surface area contributed by atoms with Crippen molar-refractivity contribution in [3.63, 3.8) is 0 Å². The molecular weight excluding hydrogens is 288 g/mol. The summed E-state index contributed by atoms with van der Waals surface area (Å²) in [4.78, 5) is 0. The molecule has 0 aromatic heterocycles. The van der Waals surface area contributed by atoms with E-state index in [1.54, 1.807) is 13.2 Å². The first kappa shape index (κ1) is 14.8. The first-order valence-electron chi connectivity index (χ1n) is 7.15. The molecule has 0 aliphatic carbocycles. The van der Waals surface area contributed by atoms with Gasteiger partial charge in [0.2, 0.25) is 0 Å². The summed E-state index contributed by atoms with van der Waals surface area (Å²) in [5.74, 6) is 0.0169. The van der Waals surface area contributed by atoms with Crippen molar-refractivity contribution < 1.29 is 18.3 Å². The third-order valence-corrected chi connectivity index (χ3v) is 3.82. The number of nitrogens with two attached hydrogens (primary N) is 1. The van der Waals surface area contributed by atoms with Crippen molar-refractivity contribution in [1.82, 2.24) is 0 Å². The lowest BCUT2D eigenvalue weighted by Crippen LogP contribution is -2.17. The molecule has 1 aliphatic rings. The Morgan fingerprint density at radius 3 is 2.73 bits per heavy atom. The Morgan fingerprint density at radius 1 is 1.23 bits per heavy atom. The lowest BCUT2D eigenvalue weighted by molar-refractivity contribution is 0.225. The van der Waals surface area contributed by atoms with Gasteiger partial charge in [0.1, 0.15) is 29.2 Å². The minimum Gasteiger partial charge on any atom is -0.497 e. The van der Waals surface area contributed by atoms with Crippen LogP contribution in [0.3, 0.4) is 0 Å². The van der Waals surface area contributed by atoms with E-state index in [2.05, 4.69) is 0 Å². The number of ether oxygens (including phenoxy) is 2. The number of benzene rings is 2. The van der Waals surface area contributed by atoms with Gasteiger partial charge in [0, 0.05) is 29.2 Å². The molecule has 2 aromatic carbocycles. The molecule has 5 heteroatoms. The first-order valence-corrected chi connectivity index (χ1v) is 7.15. The molecule has 0 amide bonds. The number of hydrogen-bond acceptors (Lipinski definition) is 3. The summed E-state index contributed by atoms with van der Waals surface area (Å²) >= 11 is 0. The van der Waals surface area contributed by atoms with Gasteiger partial charge in [0.25, 0.3) is 0 Å². The second-order valence-electron chi connectivity index (χ2n) is 5.31. The van der Waals surface area contributed by atoms with Crippen LogP contribution in [0.1, 0.15) is 12.0 Å². The Kier molecular flexibility index (Phi) is 3.98. The van der Waals surface area contributed by atoms with Gasteiger partial charge in [-0.1, -0.05) is 0 Å². The minimum absolute atomic E-state index is 0.0191. The van der Waals surface area contributed by atoms with Crippen LogP contribution in [0.5, 0.6) is 11.5 Å². The average Bonchev–Trinajstić information content (AvgIpc) is 2.89. The van der Waals surface area contributed by atoms with Crippen molar-refractivity contribution in [1.29, 1.82) is 0 Å². The van der Waals surface area contributed by atoms with Crippen LogP contribution in [0.4, 0.5) is 8.78 Å². The number of rotatable bonds is 4. The van der Waals surface area contributed by atoms with E-state index in [0.717, 1.165) is 18.1 Å². The van der Waals surface area contributed by atoms with Gasteiger partial charge < -0.3 is 15.2 Å². The molecule has 2 N–H and O–H groups in total. The van der Waals surface area contributed by atoms with Gasteiger partial charge in [-0.25, -0.2) is 8.78 Å². The summed E-state index contributed by atoms with van der Waals surface area (Å²) in [6.45, 7) is 0.524. The average molecular weight is 305 g/mol. The molecular formula is C17H17F2NO2. The van der Waals surface area contributed by atoms with Gasteiger partial charge in [-0.3, -0.25) is 0 Å². The second-order valence-corrected chi connectivity index (χ2v) is 5.31. The molecule has 0 spiro atoms. The number of fused-ring (bicyclic) bond motifs is 1. The van der Waals surface area contributed by atoms with Crippen molar-refractivity contribution >= 4 is 0 Å². The summed E-state index contributed by atoms with van der Waals surface area (Å²) < 4.78 is 38.5. The Labute approximate surface area is 127 Å². The summed E-state index contributed by atoms with van der Waals surface area (Å²) in [6.07, 6.45) is 1.41. The fourth-order valence-electron chi connectivity index (χ4n) is 2.78. The van der Waals surface area contributed by atoms with Gasteiger partial charge in [-0.2, -0.15) is 0 Å². The predicted molar refractivity (Wildman–Crippen MR) is 80.1 cm³/mol. The van der Waals surface area contributed by atoms with Gasteiger partial charge in [0.15, 0.2) is 0 Å². The quantitative estimate of drug-likeness (QED) is 0.942. The maximum atomic E-state index is 14.1. The van der Waals surface area contributed by atoms with Crippen molar-refractivity contribution in [2.75, 3.05) is 13.7 Å². The Morgan fingerprint density at radius 2 is 2.05 bits per heavy atom. The normalized spacial score (nSPS) is 16.3. The molecule has 22 heavy (non-hydrogen) atoms. The van der Waals surface area contributed by atoms with Gasteiger partial charge in [-0.05, 0) is 37.2 Å². The zero-order valence-electron chi connectivity index (χ0n) is 12.2. The van der Waals surface area contributed by atoms with Crippen LogP contribution >= 0.6 is 0 Å². The molecule has 0 radical (unpaired) electrons. The minimum atomic E-state index is -0.624. The van der Waals surface area contributed by atoms with Crippen molar-refractivity contribution in [2.24, 2.45) is 5.73 Å². The highest BCUT2D eigenvalue weighted by atomic mass is 19.1. The molecule has 2 aromatic rings. The predicted octanol–water partition coefficient (Wildman–Crippen LogP) is 3.29. The van der Waals surface area contributed by atoms with Crippen molar-refractivity contribution in [3.05, 3.63) is 47.5 Å². The molecule has 0 bridgehead atoms. The highest BCUT2D eigenvalue weighted by molar-refractivity contribution is 5.75. The summed E-state index contributed by atoms with van der Waals surface area (Å²) in [5.41, 5.74) is 7.41. The highest BCUT2D eigenvalue weighted by Crippen LogP contribution is 2.43. The second kappa shape index (κ2) is 5.93. The van der Waals surface area contributed by atoms with E-state index in [9.17, 15) is 8.78 Å². The van der Waals surface area contributed by atoms with E-state index in [-0.39, 0.29) is 6.10 Å². The molecule has 1 unspecified atom stereocenters. The topological polar surface area (TPSA) is 44.5 Å². The number of methoxy groups -OCH3 is 1. The maximum absolute atomic E-state index is 14.1. The first-order chi connectivity index (χ1) is 10.6. The van der Waals surface area contributed by atoms with Crippen LogP contribution in [0.2, 0.25) is 0 Å². The van der Waals surface area contributed by atoms with Crippen LogP contribution in [0, 0.1) is 11.6 Å². The van der Waals surface area contributed by atoms with E-state index in [0.29, 0.717) is 35.6 Å². The van der Waals surface area contributed by atoms with Crippen LogP contribution in [-0.2, 0) is 6.42 Å². The fraction of sp³-hybridized carbons (Fsp3) is 0.294. The molecule has 1 aliphatic heterocycles. The lowest BCUT2D eigenvalue weighted by Gasteiger charge is -2.13. The number of hydrogen-bond donors (Lipinski definition) is 1. The third kappa shape index (κ3) is 2.64. The Balaban J connectivity index is 2.10. The lowest BCUT2D eigenvalue weighted by atomic mass is 9.99. The van der Waals surface area contributed by atoms with Crippen molar-refractivity contribution in [2.45, 2.75) is 18.9 Å². The monoisotopic (exact) mass is 305 g/mol. The molecule has 3 nitrogen and oxygen atoms in total. The Hall–Kier alpha value is -2.14. The van der Waals surface area contributed by atoms with E-state index in [1.165, 1.54) is 12.1 Å². The van der Waals surface area contributed by atoms with Crippen LogP contribution in [0.15, 0.2) is 30.3 Å². The van der Waals surface area contributed by atoms with Crippen LogP contribution in [0.25, 0.3) is 11.1 Å². The highest BCUT2D eigenvalue weighted by Gasteiger charge is 2.27. The molecule has 1 heterocycles. The maximum Gasteiger partial charge on any atom is 0.134 e. The van der Waals surface area contributed by atoms with E-state index in [4.69, 9.17) is 15.2 Å². The standard InChI is InChI=1S/C17H17F2NO2/c1-21-13-7-10-6-12(4-5-20)22-17(10)15(9-13)14-3-2-11(18)8-16(14)19/h2-3,7-9,12H,4-6,20H2,1H3. The van der Waals surface area contributed by atoms with Gasteiger partial charge in [-0.15, -0.1) is 0 Å². The molecule has 0 fully saturated rings. The van der Waals surface area contributed by atoms with Gasteiger partial charge in [0.05, 0.1) is 7.11 Å². The molecule has 3 rings (SSSR count). The summed E-state index contributed by atoms with van der Waals surface area (Å²) in [7, 11) is 1.56. The van der Waals surface area contributed by atoms with E-state index in [1.807, 2.05) is 6.07 Å². The zero-order valence-corrected chi connectivity index (χ0v) is 12.2. The molecule has 116 valence electrons. The van der Waals surface area contributed by atoms with Crippen molar-refractivity contribution in [3.8, 4) is 22.6 Å². The smallest absolute Gasteiger partial charge is 0.134 e. The zero-order chi connectivity index (χ0) is 15.7. The number of halogens is 2. The molecule has 0 saturated heterocycles. The largest absolute Gasteiger partial charge is 0.497 e. The fourth-order valence-corrected chi connectivity index (χ4v) is 2.78. The summed E-state index contributed by atoms with van der Waals surface area (Å²) in [5, 5.41) is 0. The summed E-state index contributed by atoms with van der Waals surface area (Å²) in [6, 6.07) is 7.11. The van der Waals surface area contributed by atoms with Crippen LogP contribution < -0.4 is 15.2 Å². The van der Waals surface area contributed by atoms with E-state index >= 15 is 0 Å². The van der Waals surface area contributed by atoms with Crippen LogP contribution in [-0.4, -0.2) is 19.8 Å². The molecule has 1 atom stereocenters. The van der Waals surface area contributed by atoms with Gasteiger partial charge >= 0.3 is 0 Å². The Bertz CT molecular complexity index is 703. The third-order valence-electron chi connectivity index (χ3n) is 3.82. The molecule has 0 saturated carbocycles. The SMILES string of the molecule is COc1cc2c(c(-c3ccc(F)cc3F)c1)OC(CCN)C2.